The van der Waals surface area contributed by atoms with Gasteiger partial charge < -0.3 is 19.9 Å². The summed E-state index contributed by atoms with van der Waals surface area (Å²) < 4.78 is 5.47. The van der Waals surface area contributed by atoms with Crippen molar-refractivity contribution in [2.75, 3.05) is 36.5 Å². The van der Waals surface area contributed by atoms with Crippen molar-refractivity contribution in [3.63, 3.8) is 0 Å². The van der Waals surface area contributed by atoms with Crippen LogP contribution in [0.3, 0.4) is 0 Å². The summed E-state index contributed by atoms with van der Waals surface area (Å²) in [6.45, 7) is 7.48. The second kappa shape index (κ2) is 11.6. The second-order valence-corrected chi connectivity index (χ2v) is 9.86. The predicted molar refractivity (Wildman–Crippen MR) is 153 cm³/mol. The first-order valence-electron chi connectivity index (χ1n) is 13.4. The molecule has 0 atom stereocenters. The molecular weight excluding hydrogens is 460 g/mol. The number of pyridine rings is 2. The van der Waals surface area contributed by atoms with E-state index in [0.29, 0.717) is 11.5 Å². The summed E-state index contributed by atoms with van der Waals surface area (Å²) in [5.74, 6) is 0.619. The molecule has 3 aromatic rings. The fourth-order valence-corrected chi connectivity index (χ4v) is 4.94. The normalized spacial score (nSPS) is 17.0. The molecule has 192 valence electrons. The maximum absolute atomic E-state index is 13.1. The second-order valence-electron chi connectivity index (χ2n) is 9.86. The Labute approximate surface area is 219 Å². The molecule has 0 spiro atoms. The third-order valence-corrected chi connectivity index (χ3v) is 7.33. The first-order chi connectivity index (χ1) is 18.1. The van der Waals surface area contributed by atoms with Crippen LogP contribution in [0.4, 0.5) is 11.4 Å². The Bertz CT molecular complexity index is 1310. The summed E-state index contributed by atoms with van der Waals surface area (Å²) in [6.07, 6.45) is 12.4. The van der Waals surface area contributed by atoms with Gasteiger partial charge in [-0.15, -0.1) is 0 Å². The molecule has 1 aliphatic carbocycles. The fraction of sp³-hybridized carbons (Fsp3) is 0.355. The van der Waals surface area contributed by atoms with Crippen LogP contribution in [-0.2, 0) is 4.74 Å². The Morgan fingerprint density at radius 3 is 2.57 bits per heavy atom. The molecule has 0 radical (unpaired) electrons. The third kappa shape index (κ3) is 5.86. The molecule has 1 saturated carbocycles. The van der Waals surface area contributed by atoms with Gasteiger partial charge in [-0.3, -0.25) is 9.78 Å². The minimum Gasteiger partial charge on any atom is -0.378 e. The van der Waals surface area contributed by atoms with Crippen molar-refractivity contribution in [3.05, 3.63) is 93.7 Å². The van der Waals surface area contributed by atoms with Crippen molar-refractivity contribution in [3.8, 4) is 0 Å². The summed E-state index contributed by atoms with van der Waals surface area (Å²) in [7, 11) is 0. The number of aromatic amines is 1. The van der Waals surface area contributed by atoms with Crippen LogP contribution in [0.2, 0.25) is 0 Å². The number of aromatic nitrogens is 2. The lowest BCUT2D eigenvalue weighted by Gasteiger charge is -2.29. The Morgan fingerprint density at radius 1 is 1.14 bits per heavy atom. The van der Waals surface area contributed by atoms with E-state index in [1.807, 2.05) is 12.3 Å². The highest BCUT2D eigenvalue weighted by Crippen LogP contribution is 2.35. The zero-order valence-electron chi connectivity index (χ0n) is 21.8. The smallest absolute Gasteiger partial charge is 0.257 e. The van der Waals surface area contributed by atoms with Gasteiger partial charge >= 0.3 is 0 Å². The van der Waals surface area contributed by atoms with Gasteiger partial charge in [0.15, 0.2) is 0 Å². The van der Waals surface area contributed by atoms with Crippen molar-refractivity contribution in [2.45, 2.75) is 45.4 Å². The lowest BCUT2D eigenvalue weighted by atomic mass is 9.82. The van der Waals surface area contributed by atoms with Gasteiger partial charge in [0.2, 0.25) is 0 Å². The van der Waals surface area contributed by atoms with Crippen molar-refractivity contribution >= 4 is 28.7 Å². The van der Waals surface area contributed by atoms with Crippen molar-refractivity contribution in [1.82, 2.24) is 9.97 Å². The lowest BCUT2D eigenvalue weighted by molar-refractivity contribution is 0.122. The van der Waals surface area contributed by atoms with Crippen molar-refractivity contribution < 1.29 is 4.74 Å². The highest BCUT2D eigenvalue weighted by Gasteiger charge is 2.20. The van der Waals surface area contributed by atoms with Crippen LogP contribution < -0.4 is 15.8 Å². The zero-order chi connectivity index (χ0) is 25.6. The van der Waals surface area contributed by atoms with E-state index < -0.39 is 0 Å². The van der Waals surface area contributed by atoms with Gasteiger partial charge in [-0.2, -0.15) is 0 Å². The van der Waals surface area contributed by atoms with E-state index in [1.54, 1.807) is 6.20 Å². The molecule has 2 aromatic heterocycles. The molecule has 1 saturated heterocycles. The fourth-order valence-electron chi connectivity index (χ4n) is 4.94. The number of hydrogen-bond acceptors (Lipinski definition) is 5. The molecule has 3 heterocycles. The Morgan fingerprint density at radius 2 is 1.92 bits per heavy atom. The van der Waals surface area contributed by atoms with Crippen LogP contribution in [0.1, 0.15) is 67.8 Å². The van der Waals surface area contributed by atoms with Crippen LogP contribution in [0.5, 0.6) is 0 Å². The monoisotopic (exact) mass is 496 g/mol. The summed E-state index contributed by atoms with van der Waals surface area (Å²) in [6, 6.07) is 14.7. The summed E-state index contributed by atoms with van der Waals surface area (Å²) in [5.41, 5.74) is 7.68. The summed E-state index contributed by atoms with van der Waals surface area (Å²) in [4.78, 5) is 23.0. The number of nitrogens with one attached hydrogen (secondary N) is 2. The minimum atomic E-state index is -0.114. The molecule has 2 N–H and O–H groups in total. The van der Waals surface area contributed by atoms with E-state index >= 15 is 0 Å². The number of morpholine rings is 1. The van der Waals surface area contributed by atoms with Gasteiger partial charge in [-0.1, -0.05) is 31.6 Å². The average Bonchev–Trinajstić information content (AvgIpc) is 2.89. The quantitative estimate of drug-likeness (QED) is 0.383. The lowest BCUT2D eigenvalue weighted by Crippen LogP contribution is -2.36. The Hall–Kier alpha value is -3.64. The molecule has 0 bridgehead atoms. The van der Waals surface area contributed by atoms with Crippen LogP contribution in [-0.4, -0.2) is 36.3 Å². The van der Waals surface area contributed by atoms with Crippen LogP contribution in [0.25, 0.3) is 17.3 Å². The molecule has 2 aliphatic rings. The summed E-state index contributed by atoms with van der Waals surface area (Å²) >= 11 is 0. The topological polar surface area (TPSA) is 70.2 Å². The molecule has 37 heavy (non-hydrogen) atoms. The zero-order valence-corrected chi connectivity index (χ0v) is 21.8. The van der Waals surface area contributed by atoms with Gasteiger partial charge in [0.05, 0.1) is 18.8 Å². The molecule has 1 aliphatic heterocycles. The number of rotatable bonds is 8. The van der Waals surface area contributed by atoms with Gasteiger partial charge in [0.25, 0.3) is 5.56 Å². The first kappa shape index (κ1) is 25.0. The predicted octanol–water partition coefficient (Wildman–Crippen LogP) is 6.30. The first-order valence-corrected chi connectivity index (χ1v) is 13.4. The molecule has 6 nitrogen and oxygen atoms in total. The number of nitrogens with zero attached hydrogens (tertiary/aromatic N) is 2. The van der Waals surface area contributed by atoms with Gasteiger partial charge in [-0.25, -0.2) is 0 Å². The maximum Gasteiger partial charge on any atom is 0.257 e. The molecule has 0 amide bonds. The standard InChI is InChI=1S/C31H36N4O2/c1-3-5-29(34-26-9-11-27(12-10-26)35-16-18-37-19-17-35)30-24(14-15-32-31(30)36)20-22(2)25-8-13-28(33-21-25)23-6-4-7-23/h5,8-15,20-21,23,34H,3-4,6-7,16-19H2,1-2H3,(H,32,36)/b22-20+,29-5-. The Balaban J connectivity index is 1.40. The van der Waals surface area contributed by atoms with E-state index in [0.717, 1.165) is 60.8 Å². The number of benzene rings is 1. The molecule has 0 unspecified atom stereocenters. The van der Waals surface area contributed by atoms with Gasteiger partial charge in [-0.05, 0) is 79.3 Å². The number of anilines is 2. The molecule has 2 fully saturated rings. The van der Waals surface area contributed by atoms with E-state index in [1.165, 1.54) is 30.6 Å². The Kier molecular flexibility index (Phi) is 7.85. The average molecular weight is 497 g/mol. The van der Waals surface area contributed by atoms with Gasteiger partial charge in [0, 0.05) is 54.2 Å². The number of H-pyrrole nitrogens is 1. The van der Waals surface area contributed by atoms with Crippen molar-refractivity contribution in [2.24, 2.45) is 0 Å². The van der Waals surface area contributed by atoms with Crippen LogP contribution in [0.15, 0.2) is 65.7 Å². The number of ether oxygens (including phenoxy) is 1. The van der Waals surface area contributed by atoms with E-state index in [2.05, 4.69) is 77.6 Å². The minimum absolute atomic E-state index is 0.114. The van der Waals surface area contributed by atoms with Gasteiger partial charge in [0.1, 0.15) is 0 Å². The van der Waals surface area contributed by atoms with E-state index in [9.17, 15) is 4.79 Å². The van der Waals surface area contributed by atoms with E-state index in [-0.39, 0.29) is 5.56 Å². The molecular formula is C31H36N4O2. The van der Waals surface area contributed by atoms with E-state index in [4.69, 9.17) is 9.72 Å². The molecule has 5 rings (SSSR count). The molecule has 6 heteroatoms. The largest absolute Gasteiger partial charge is 0.378 e. The maximum atomic E-state index is 13.1. The van der Waals surface area contributed by atoms with Crippen LogP contribution in [0, 0.1) is 0 Å². The number of allylic oxidation sites excluding steroid dienone is 2. The highest BCUT2D eigenvalue weighted by atomic mass is 16.5. The third-order valence-electron chi connectivity index (χ3n) is 7.33. The molecule has 1 aromatic carbocycles. The van der Waals surface area contributed by atoms with Crippen molar-refractivity contribution in [1.29, 1.82) is 0 Å². The summed E-state index contributed by atoms with van der Waals surface area (Å²) in [5, 5.41) is 3.51. The number of hydrogen-bond donors (Lipinski definition) is 2. The van der Waals surface area contributed by atoms with Crippen LogP contribution >= 0.6 is 0 Å². The SMILES string of the molecule is CC/C=C(\Nc1ccc(N2CCOCC2)cc1)c1c(/C=C(\C)c2ccc(C3CCC3)nc2)cc[nH]c1=O. The highest BCUT2D eigenvalue weighted by molar-refractivity contribution is 5.87.